The van der Waals surface area contributed by atoms with Gasteiger partial charge in [0.05, 0.1) is 0 Å². The summed E-state index contributed by atoms with van der Waals surface area (Å²) in [5, 5.41) is 3.67. The smallest absolute Gasteiger partial charge is 0.123 e. The molecule has 1 saturated carbocycles. The summed E-state index contributed by atoms with van der Waals surface area (Å²) in [6, 6.07) is 8.10. The van der Waals surface area contributed by atoms with Crippen LogP contribution < -0.4 is 5.32 Å². The van der Waals surface area contributed by atoms with Gasteiger partial charge in [-0.1, -0.05) is 12.1 Å². The number of hydrogen-bond donors (Lipinski definition) is 1. The van der Waals surface area contributed by atoms with Crippen molar-refractivity contribution < 1.29 is 4.39 Å². The summed E-state index contributed by atoms with van der Waals surface area (Å²) in [6.45, 7) is 0. The average Bonchev–Trinajstić information content (AvgIpc) is 2.99. The van der Waals surface area contributed by atoms with Crippen molar-refractivity contribution in [1.29, 1.82) is 0 Å². The second-order valence-electron chi connectivity index (χ2n) is 4.79. The third kappa shape index (κ3) is 1.91. The monoisotopic (exact) mass is 205 g/mol. The Balaban J connectivity index is 1.70. The maximum Gasteiger partial charge on any atom is 0.123 e. The number of hydrogen-bond acceptors (Lipinski definition) is 1. The van der Waals surface area contributed by atoms with Gasteiger partial charge in [0.25, 0.3) is 0 Å². The SMILES string of the molecule is Fc1ccc([C@@H]2CC[C@H](C3CC3)N2)cc1. The van der Waals surface area contributed by atoms with Gasteiger partial charge in [-0.2, -0.15) is 0 Å². The molecule has 0 aromatic heterocycles. The lowest BCUT2D eigenvalue weighted by Gasteiger charge is -2.13. The highest BCUT2D eigenvalue weighted by Gasteiger charge is 2.36. The van der Waals surface area contributed by atoms with E-state index < -0.39 is 0 Å². The highest BCUT2D eigenvalue weighted by molar-refractivity contribution is 5.21. The average molecular weight is 205 g/mol. The van der Waals surface area contributed by atoms with Gasteiger partial charge in [0.15, 0.2) is 0 Å². The summed E-state index contributed by atoms with van der Waals surface area (Å²) in [5.41, 5.74) is 1.24. The first-order valence-corrected chi connectivity index (χ1v) is 5.84. The van der Waals surface area contributed by atoms with Crippen LogP contribution >= 0.6 is 0 Å². The quantitative estimate of drug-likeness (QED) is 0.782. The fourth-order valence-electron chi connectivity index (χ4n) is 2.60. The Bertz CT molecular complexity index is 342. The van der Waals surface area contributed by atoms with Crippen molar-refractivity contribution in [2.75, 3.05) is 0 Å². The fraction of sp³-hybridized carbons (Fsp3) is 0.538. The molecule has 1 aromatic carbocycles. The molecule has 0 amide bonds. The molecule has 0 unspecified atom stereocenters. The van der Waals surface area contributed by atoms with Crippen LogP contribution in [0.1, 0.15) is 37.3 Å². The van der Waals surface area contributed by atoms with Crippen molar-refractivity contribution in [1.82, 2.24) is 5.32 Å². The molecule has 15 heavy (non-hydrogen) atoms. The van der Waals surface area contributed by atoms with Crippen molar-refractivity contribution in [3.8, 4) is 0 Å². The largest absolute Gasteiger partial charge is 0.307 e. The zero-order valence-corrected chi connectivity index (χ0v) is 8.75. The maximum absolute atomic E-state index is 12.8. The molecular formula is C13H16FN. The summed E-state index contributed by atoms with van der Waals surface area (Å²) < 4.78 is 12.8. The lowest BCUT2D eigenvalue weighted by molar-refractivity contribution is 0.503. The summed E-state index contributed by atoms with van der Waals surface area (Å²) in [6.07, 6.45) is 5.28. The van der Waals surface area contributed by atoms with E-state index in [1.165, 1.54) is 31.2 Å². The fourth-order valence-corrected chi connectivity index (χ4v) is 2.60. The van der Waals surface area contributed by atoms with Crippen molar-refractivity contribution >= 4 is 0 Å². The van der Waals surface area contributed by atoms with Gasteiger partial charge in [-0.15, -0.1) is 0 Å². The van der Waals surface area contributed by atoms with Crippen LogP contribution in [0.15, 0.2) is 24.3 Å². The molecule has 3 rings (SSSR count). The van der Waals surface area contributed by atoms with Crippen molar-refractivity contribution in [3.05, 3.63) is 35.6 Å². The molecule has 1 aromatic rings. The Kier molecular flexibility index (Phi) is 2.24. The van der Waals surface area contributed by atoms with E-state index in [9.17, 15) is 4.39 Å². The van der Waals surface area contributed by atoms with Crippen LogP contribution in [0.4, 0.5) is 4.39 Å². The van der Waals surface area contributed by atoms with Gasteiger partial charge in [0.1, 0.15) is 5.82 Å². The molecular weight excluding hydrogens is 189 g/mol. The molecule has 1 saturated heterocycles. The molecule has 1 N–H and O–H groups in total. The van der Waals surface area contributed by atoms with E-state index in [0.717, 1.165) is 12.0 Å². The standard InChI is InChI=1S/C13H16FN/c14-11-5-3-10(4-6-11)13-8-7-12(15-13)9-1-2-9/h3-6,9,12-13,15H,1-2,7-8H2/t12-,13+/m1/s1. The molecule has 1 heterocycles. The summed E-state index contributed by atoms with van der Waals surface area (Å²) in [5.74, 6) is 0.783. The first-order chi connectivity index (χ1) is 7.33. The first kappa shape index (κ1) is 9.34. The summed E-state index contributed by atoms with van der Waals surface area (Å²) in [7, 11) is 0. The van der Waals surface area contributed by atoms with E-state index in [1.807, 2.05) is 12.1 Å². The van der Waals surface area contributed by atoms with Gasteiger partial charge in [-0.25, -0.2) is 4.39 Å². The van der Waals surface area contributed by atoms with E-state index >= 15 is 0 Å². The molecule has 0 radical (unpaired) electrons. The van der Waals surface area contributed by atoms with Crippen LogP contribution in [0.3, 0.4) is 0 Å². The van der Waals surface area contributed by atoms with E-state index in [1.54, 1.807) is 12.1 Å². The van der Waals surface area contributed by atoms with Crippen LogP contribution in [0.25, 0.3) is 0 Å². The first-order valence-electron chi connectivity index (χ1n) is 5.84. The summed E-state index contributed by atoms with van der Waals surface area (Å²) >= 11 is 0. The minimum Gasteiger partial charge on any atom is -0.307 e. The van der Waals surface area contributed by atoms with E-state index in [0.29, 0.717) is 6.04 Å². The van der Waals surface area contributed by atoms with Gasteiger partial charge in [0, 0.05) is 12.1 Å². The van der Waals surface area contributed by atoms with Crippen LogP contribution in [0.2, 0.25) is 0 Å². The number of benzene rings is 1. The molecule has 2 atom stereocenters. The molecule has 80 valence electrons. The highest BCUT2D eigenvalue weighted by atomic mass is 19.1. The van der Waals surface area contributed by atoms with Crippen molar-refractivity contribution in [3.63, 3.8) is 0 Å². The number of halogens is 1. The van der Waals surface area contributed by atoms with E-state index in [4.69, 9.17) is 0 Å². The van der Waals surface area contributed by atoms with Crippen molar-refractivity contribution in [2.24, 2.45) is 5.92 Å². The van der Waals surface area contributed by atoms with E-state index in [2.05, 4.69) is 5.32 Å². The van der Waals surface area contributed by atoms with Gasteiger partial charge in [-0.3, -0.25) is 0 Å². The Hall–Kier alpha value is -0.890. The Labute approximate surface area is 89.7 Å². The lowest BCUT2D eigenvalue weighted by Crippen LogP contribution is -2.25. The van der Waals surface area contributed by atoms with E-state index in [-0.39, 0.29) is 5.82 Å². The maximum atomic E-state index is 12.8. The summed E-state index contributed by atoms with van der Waals surface area (Å²) in [4.78, 5) is 0. The van der Waals surface area contributed by atoms with Gasteiger partial charge in [0.2, 0.25) is 0 Å². The minimum absolute atomic E-state index is 0.143. The highest BCUT2D eigenvalue weighted by Crippen LogP contribution is 2.40. The molecule has 2 fully saturated rings. The molecule has 0 bridgehead atoms. The Morgan fingerprint density at radius 2 is 1.73 bits per heavy atom. The third-order valence-electron chi connectivity index (χ3n) is 3.65. The third-order valence-corrected chi connectivity index (χ3v) is 3.65. The van der Waals surface area contributed by atoms with Crippen molar-refractivity contribution in [2.45, 2.75) is 37.8 Å². The van der Waals surface area contributed by atoms with Crippen LogP contribution in [0.5, 0.6) is 0 Å². The topological polar surface area (TPSA) is 12.0 Å². The second kappa shape index (κ2) is 3.60. The molecule has 0 spiro atoms. The predicted octanol–water partition coefficient (Wildman–Crippen LogP) is 3.03. The number of rotatable bonds is 2. The zero-order valence-electron chi connectivity index (χ0n) is 8.75. The van der Waals surface area contributed by atoms with Gasteiger partial charge in [-0.05, 0) is 49.3 Å². The minimum atomic E-state index is -0.143. The Morgan fingerprint density at radius 1 is 1.00 bits per heavy atom. The Morgan fingerprint density at radius 3 is 2.40 bits per heavy atom. The second-order valence-corrected chi connectivity index (χ2v) is 4.79. The van der Waals surface area contributed by atoms with Crippen LogP contribution in [-0.4, -0.2) is 6.04 Å². The number of nitrogens with one attached hydrogen (secondary N) is 1. The normalized spacial score (nSPS) is 30.7. The lowest BCUT2D eigenvalue weighted by atomic mass is 10.1. The van der Waals surface area contributed by atoms with Crippen LogP contribution in [0, 0.1) is 11.7 Å². The molecule has 1 aliphatic heterocycles. The van der Waals surface area contributed by atoms with Gasteiger partial charge >= 0.3 is 0 Å². The molecule has 1 aliphatic carbocycles. The van der Waals surface area contributed by atoms with Crippen LogP contribution in [-0.2, 0) is 0 Å². The molecule has 1 nitrogen and oxygen atoms in total. The predicted molar refractivity (Wildman–Crippen MR) is 58.0 cm³/mol. The molecule has 2 aliphatic rings. The van der Waals surface area contributed by atoms with Gasteiger partial charge < -0.3 is 5.32 Å². The molecule has 2 heteroatoms. The zero-order chi connectivity index (χ0) is 10.3.